The van der Waals surface area contributed by atoms with Crippen LogP contribution < -0.4 is 10.6 Å². The normalized spacial score (nSPS) is 10.1. The van der Waals surface area contributed by atoms with Crippen LogP contribution in [0.1, 0.15) is 10.4 Å². The topological polar surface area (TPSA) is 109 Å². The molecule has 1 aromatic carbocycles. The first-order valence-corrected chi connectivity index (χ1v) is 6.78. The Balaban J connectivity index is 1.95. The zero-order valence-corrected chi connectivity index (χ0v) is 12.4. The third-order valence-corrected chi connectivity index (χ3v) is 3.24. The van der Waals surface area contributed by atoms with E-state index in [1.54, 1.807) is 29.2 Å². The maximum atomic E-state index is 11.8. The minimum absolute atomic E-state index is 0.0100. The summed E-state index contributed by atoms with van der Waals surface area (Å²) in [6.45, 7) is 0.803. The van der Waals surface area contributed by atoms with Crippen LogP contribution in [-0.4, -0.2) is 38.6 Å². The highest BCUT2D eigenvalue weighted by Gasteiger charge is 2.14. The highest BCUT2D eigenvalue weighted by molar-refractivity contribution is 9.10. The lowest BCUT2D eigenvalue weighted by Gasteiger charge is -2.11. The van der Waals surface area contributed by atoms with Crippen molar-refractivity contribution >= 4 is 33.6 Å². The van der Waals surface area contributed by atoms with Crippen molar-refractivity contribution in [2.24, 2.45) is 0 Å². The average molecular weight is 354 g/mol. The van der Waals surface area contributed by atoms with Gasteiger partial charge >= 0.3 is 12.0 Å². The van der Waals surface area contributed by atoms with Crippen LogP contribution >= 0.6 is 15.9 Å². The summed E-state index contributed by atoms with van der Waals surface area (Å²) in [5, 5.41) is 21.6. The van der Waals surface area contributed by atoms with Crippen LogP contribution in [0.4, 0.5) is 10.5 Å². The van der Waals surface area contributed by atoms with E-state index in [0.29, 0.717) is 17.6 Å². The minimum Gasteiger partial charge on any atom is -0.478 e. The number of halogens is 1. The van der Waals surface area contributed by atoms with Gasteiger partial charge in [-0.15, -0.1) is 5.10 Å². The van der Waals surface area contributed by atoms with E-state index in [1.165, 1.54) is 6.07 Å². The molecule has 2 rings (SSSR count). The number of carboxylic acid groups (broad SMARTS) is 1. The molecular formula is C12H12BrN5O3. The average Bonchev–Trinajstić information content (AvgIpc) is 2.94. The summed E-state index contributed by atoms with van der Waals surface area (Å²) < 4.78 is 2.07. The van der Waals surface area contributed by atoms with Crippen LogP contribution in [0.25, 0.3) is 0 Å². The molecule has 0 aliphatic carbocycles. The number of anilines is 1. The zero-order chi connectivity index (χ0) is 15.2. The second-order valence-corrected chi connectivity index (χ2v) is 4.87. The van der Waals surface area contributed by atoms with Gasteiger partial charge in [0.25, 0.3) is 0 Å². The van der Waals surface area contributed by atoms with Gasteiger partial charge in [0.05, 0.1) is 24.0 Å². The van der Waals surface area contributed by atoms with Gasteiger partial charge in [0.2, 0.25) is 0 Å². The molecule has 0 aliphatic rings. The number of carboxylic acids is 1. The Morgan fingerprint density at radius 2 is 2.19 bits per heavy atom. The second-order valence-electron chi connectivity index (χ2n) is 4.01. The number of nitrogens with zero attached hydrogens (tertiary/aromatic N) is 3. The fourth-order valence-corrected chi connectivity index (χ4v) is 2.09. The number of hydrogen-bond acceptors (Lipinski definition) is 4. The molecule has 1 heterocycles. The fraction of sp³-hybridized carbons (Fsp3) is 0.167. The number of aromatic nitrogens is 3. The lowest BCUT2D eigenvalue weighted by atomic mass is 10.2. The van der Waals surface area contributed by atoms with E-state index >= 15 is 0 Å². The molecule has 8 nitrogen and oxygen atoms in total. The predicted octanol–water partition coefficient (Wildman–Crippen LogP) is 1.56. The molecule has 0 bridgehead atoms. The van der Waals surface area contributed by atoms with E-state index in [1.807, 2.05) is 0 Å². The highest BCUT2D eigenvalue weighted by Crippen LogP contribution is 2.26. The maximum absolute atomic E-state index is 11.8. The van der Waals surface area contributed by atoms with Crippen molar-refractivity contribution in [1.29, 1.82) is 0 Å². The summed E-state index contributed by atoms with van der Waals surface area (Å²) in [7, 11) is 0. The Hall–Kier alpha value is -2.42. The molecule has 0 radical (unpaired) electrons. The Morgan fingerprint density at radius 1 is 1.38 bits per heavy atom. The summed E-state index contributed by atoms with van der Waals surface area (Å²) >= 11 is 3.22. The van der Waals surface area contributed by atoms with E-state index in [4.69, 9.17) is 5.11 Å². The first-order chi connectivity index (χ1) is 10.1. The molecular weight excluding hydrogens is 342 g/mol. The molecule has 21 heavy (non-hydrogen) atoms. The van der Waals surface area contributed by atoms with Crippen LogP contribution in [0.5, 0.6) is 0 Å². The molecule has 0 aliphatic heterocycles. The van der Waals surface area contributed by atoms with Gasteiger partial charge in [-0.3, -0.25) is 4.68 Å². The number of aromatic carboxylic acids is 1. The fourth-order valence-electron chi connectivity index (χ4n) is 1.62. The third kappa shape index (κ3) is 4.02. The first-order valence-electron chi connectivity index (χ1n) is 5.98. The first kappa shape index (κ1) is 15.0. The molecule has 110 valence electrons. The van der Waals surface area contributed by atoms with Crippen LogP contribution in [0.15, 0.2) is 35.1 Å². The van der Waals surface area contributed by atoms with Gasteiger partial charge in [-0.25, -0.2) is 9.59 Å². The SMILES string of the molecule is O=C(NCCn1ccnn1)Nc1c(Br)cccc1C(=O)O. The molecule has 2 aromatic rings. The summed E-state index contributed by atoms with van der Waals surface area (Å²) in [4.78, 5) is 22.9. The number of nitrogens with one attached hydrogen (secondary N) is 2. The van der Waals surface area contributed by atoms with Gasteiger partial charge in [0.15, 0.2) is 0 Å². The Labute approximate surface area is 128 Å². The molecule has 0 saturated heterocycles. The number of para-hydroxylation sites is 1. The smallest absolute Gasteiger partial charge is 0.337 e. The summed E-state index contributed by atoms with van der Waals surface area (Å²) in [5.74, 6) is -1.12. The number of carbonyl (C=O) groups excluding carboxylic acids is 1. The van der Waals surface area contributed by atoms with Crippen LogP contribution in [0.3, 0.4) is 0 Å². The number of carbonyl (C=O) groups is 2. The van der Waals surface area contributed by atoms with Gasteiger partial charge < -0.3 is 15.7 Å². The molecule has 2 amide bonds. The third-order valence-electron chi connectivity index (χ3n) is 2.58. The quantitative estimate of drug-likeness (QED) is 0.755. The molecule has 0 spiro atoms. The van der Waals surface area contributed by atoms with Crippen molar-refractivity contribution in [3.63, 3.8) is 0 Å². The van der Waals surface area contributed by atoms with Gasteiger partial charge in [-0.1, -0.05) is 11.3 Å². The van der Waals surface area contributed by atoms with Crippen molar-refractivity contribution in [3.05, 3.63) is 40.6 Å². The van der Waals surface area contributed by atoms with Crippen molar-refractivity contribution in [2.45, 2.75) is 6.54 Å². The largest absolute Gasteiger partial charge is 0.478 e. The Morgan fingerprint density at radius 3 is 2.86 bits per heavy atom. The molecule has 0 fully saturated rings. The number of amides is 2. The van der Waals surface area contributed by atoms with E-state index in [2.05, 4.69) is 36.9 Å². The molecule has 0 saturated carbocycles. The Bertz CT molecular complexity index is 644. The van der Waals surface area contributed by atoms with Crippen LogP contribution in [0, 0.1) is 0 Å². The monoisotopic (exact) mass is 353 g/mol. The minimum atomic E-state index is -1.12. The molecule has 9 heteroatoms. The summed E-state index contributed by atoms with van der Waals surface area (Å²) in [5.41, 5.74) is 0.221. The standard InChI is InChI=1S/C12H12BrN5O3/c13-9-3-1-2-8(11(19)20)10(9)16-12(21)14-4-6-18-7-5-15-17-18/h1-3,5,7H,4,6H2,(H,19,20)(H2,14,16,21). The van der Waals surface area contributed by atoms with Crippen molar-refractivity contribution in [2.75, 3.05) is 11.9 Å². The lowest BCUT2D eigenvalue weighted by Crippen LogP contribution is -2.32. The predicted molar refractivity (Wildman–Crippen MR) is 78.1 cm³/mol. The van der Waals surface area contributed by atoms with Crippen molar-refractivity contribution in [1.82, 2.24) is 20.3 Å². The van der Waals surface area contributed by atoms with Crippen LogP contribution in [-0.2, 0) is 6.54 Å². The van der Waals surface area contributed by atoms with Gasteiger partial charge in [0.1, 0.15) is 0 Å². The molecule has 3 N–H and O–H groups in total. The van der Waals surface area contributed by atoms with E-state index in [9.17, 15) is 9.59 Å². The van der Waals surface area contributed by atoms with Crippen molar-refractivity contribution in [3.8, 4) is 0 Å². The number of rotatable bonds is 5. The van der Waals surface area contributed by atoms with E-state index < -0.39 is 12.0 Å². The van der Waals surface area contributed by atoms with Gasteiger partial charge in [-0.05, 0) is 28.1 Å². The maximum Gasteiger partial charge on any atom is 0.337 e. The second kappa shape index (κ2) is 6.84. The number of benzene rings is 1. The number of hydrogen-bond donors (Lipinski definition) is 3. The van der Waals surface area contributed by atoms with Crippen molar-refractivity contribution < 1.29 is 14.7 Å². The summed E-state index contributed by atoms with van der Waals surface area (Å²) in [6, 6.07) is 4.15. The number of urea groups is 1. The van der Waals surface area contributed by atoms with E-state index in [0.717, 1.165) is 0 Å². The molecule has 1 aromatic heterocycles. The Kier molecular flexibility index (Phi) is 4.88. The van der Waals surface area contributed by atoms with E-state index in [-0.39, 0.29) is 11.3 Å². The van der Waals surface area contributed by atoms with Gasteiger partial charge in [0, 0.05) is 17.2 Å². The zero-order valence-electron chi connectivity index (χ0n) is 10.8. The highest BCUT2D eigenvalue weighted by atomic mass is 79.9. The van der Waals surface area contributed by atoms with Gasteiger partial charge in [-0.2, -0.15) is 0 Å². The van der Waals surface area contributed by atoms with Crippen LogP contribution in [0.2, 0.25) is 0 Å². The lowest BCUT2D eigenvalue weighted by molar-refractivity contribution is 0.0698. The summed E-state index contributed by atoms with van der Waals surface area (Å²) in [6.07, 6.45) is 3.22. The molecule has 0 atom stereocenters. The molecule has 0 unspecified atom stereocenters.